The molecule has 0 aromatic heterocycles. The van der Waals surface area contributed by atoms with Crippen LogP contribution in [0.3, 0.4) is 0 Å². The van der Waals surface area contributed by atoms with Crippen molar-refractivity contribution in [3.8, 4) is 0 Å². The molecule has 0 bridgehead atoms. The van der Waals surface area contributed by atoms with Crippen molar-refractivity contribution in [1.29, 1.82) is 0 Å². The van der Waals surface area contributed by atoms with E-state index >= 15 is 0 Å². The minimum absolute atomic E-state index is 0.735. The number of hydrogen-bond donors (Lipinski definition) is 0. The van der Waals surface area contributed by atoms with Crippen LogP contribution < -0.4 is 0 Å². The van der Waals surface area contributed by atoms with Gasteiger partial charge in [-0.3, -0.25) is 0 Å². The third kappa shape index (κ3) is 1.62. The van der Waals surface area contributed by atoms with Crippen molar-refractivity contribution >= 4 is 0 Å². The maximum Gasteiger partial charge on any atom is -0.0185 e. The van der Waals surface area contributed by atoms with Gasteiger partial charge in [0.05, 0.1) is 0 Å². The molecule has 0 amide bonds. The summed E-state index contributed by atoms with van der Waals surface area (Å²) in [7, 11) is 0. The maximum atomic E-state index is 3.72. The van der Waals surface area contributed by atoms with E-state index in [0.29, 0.717) is 0 Å². The van der Waals surface area contributed by atoms with E-state index in [4.69, 9.17) is 0 Å². The topological polar surface area (TPSA) is 0 Å². The molecular weight excluding hydrogens is 132 g/mol. The van der Waals surface area contributed by atoms with E-state index in [1.165, 1.54) is 24.0 Å². The second-order valence-electron chi connectivity index (χ2n) is 3.11. The first-order valence-corrected chi connectivity index (χ1v) is 4.27. The molecule has 1 atom stereocenters. The van der Waals surface area contributed by atoms with Crippen molar-refractivity contribution in [2.45, 2.75) is 26.7 Å². The first-order chi connectivity index (χ1) is 5.29. The first kappa shape index (κ1) is 8.32. The molecule has 0 N–H and O–H groups in total. The molecule has 11 heavy (non-hydrogen) atoms. The molecule has 0 aromatic rings. The van der Waals surface area contributed by atoms with E-state index in [9.17, 15) is 0 Å². The molecule has 0 heterocycles. The molecule has 0 aliphatic heterocycles. The van der Waals surface area contributed by atoms with Crippen LogP contribution in [0.4, 0.5) is 0 Å². The van der Waals surface area contributed by atoms with E-state index in [1.54, 1.807) is 0 Å². The Bertz CT molecular complexity index is 206. The van der Waals surface area contributed by atoms with Gasteiger partial charge in [-0.05, 0) is 36.8 Å². The average molecular weight is 148 g/mol. The Hall–Kier alpha value is -0.780. The van der Waals surface area contributed by atoms with Gasteiger partial charge in [-0.15, -0.1) is 0 Å². The highest BCUT2D eigenvalue weighted by Gasteiger charge is 2.19. The molecule has 1 aliphatic carbocycles. The molecule has 60 valence electrons. The molecule has 0 saturated heterocycles. The normalized spacial score (nSPS) is 31.6. The zero-order chi connectivity index (χ0) is 8.27. The maximum absolute atomic E-state index is 3.72. The van der Waals surface area contributed by atoms with Crippen LogP contribution in [0.2, 0.25) is 0 Å². The smallest absolute Gasteiger partial charge is 0.0185 e. The van der Waals surface area contributed by atoms with E-state index in [2.05, 4.69) is 32.6 Å². The summed E-state index contributed by atoms with van der Waals surface area (Å²) in [6.45, 7) is 8.12. The molecule has 0 radical (unpaired) electrons. The van der Waals surface area contributed by atoms with Crippen LogP contribution in [0.1, 0.15) is 26.7 Å². The van der Waals surface area contributed by atoms with Gasteiger partial charge in [-0.2, -0.15) is 0 Å². The zero-order valence-electron chi connectivity index (χ0n) is 7.43. The van der Waals surface area contributed by atoms with E-state index < -0.39 is 0 Å². The van der Waals surface area contributed by atoms with E-state index in [-0.39, 0.29) is 0 Å². The van der Waals surface area contributed by atoms with Crippen molar-refractivity contribution in [3.05, 3.63) is 36.0 Å². The largest absolute Gasteiger partial charge is 0.0991 e. The number of hydrogen-bond acceptors (Lipinski definition) is 0. The van der Waals surface area contributed by atoms with Gasteiger partial charge >= 0.3 is 0 Å². The zero-order valence-corrected chi connectivity index (χ0v) is 7.43. The van der Waals surface area contributed by atoms with E-state index in [1.807, 2.05) is 6.08 Å². The predicted molar refractivity (Wildman–Crippen MR) is 50.4 cm³/mol. The molecule has 0 nitrogen and oxygen atoms in total. The van der Waals surface area contributed by atoms with Gasteiger partial charge in [0.25, 0.3) is 0 Å². The first-order valence-electron chi connectivity index (χ1n) is 4.27. The van der Waals surface area contributed by atoms with Gasteiger partial charge in [0, 0.05) is 0 Å². The summed E-state index contributed by atoms with van der Waals surface area (Å²) in [6, 6.07) is 0. The highest BCUT2D eigenvalue weighted by molar-refractivity contribution is 5.38. The lowest BCUT2D eigenvalue weighted by atomic mass is 10.0. The average Bonchev–Trinajstić information content (AvgIpc) is 2.34. The molecule has 1 unspecified atom stereocenters. The quantitative estimate of drug-likeness (QED) is 0.534. The molecule has 0 aromatic carbocycles. The molecule has 1 rings (SSSR count). The monoisotopic (exact) mass is 148 g/mol. The van der Waals surface area contributed by atoms with Gasteiger partial charge in [0.1, 0.15) is 0 Å². The van der Waals surface area contributed by atoms with Crippen LogP contribution in [0.25, 0.3) is 0 Å². The van der Waals surface area contributed by atoms with Crippen molar-refractivity contribution < 1.29 is 0 Å². The lowest BCUT2D eigenvalue weighted by Crippen LogP contribution is -1.88. The van der Waals surface area contributed by atoms with Gasteiger partial charge < -0.3 is 0 Å². The SMILES string of the molecule is C=C/C=C1\C(=C/C)CCC1C. The minimum atomic E-state index is 0.735. The second kappa shape index (κ2) is 3.56. The van der Waals surface area contributed by atoms with Gasteiger partial charge in [-0.1, -0.05) is 31.7 Å². The number of allylic oxidation sites excluding steroid dienone is 5. The molecule has 0 heteroatoms. The Labute approximate surface area is 69.3 Å². The summed E-state index contributed by atoms with van der Waals surface area (Å²) in [5, 5.41) is 0. The van der Waals surface area contributed by atoms with Gasteiger partial charge in [0.15, 0.2) is 0 Å². The Morgan fingerprint density at radius 2 is 2.27 bits per heavy atom. The second-order valence-corrected chi connectivity index (χ2v) is 3.11. The molecule has 1 fully saturated rings. The summed E-state index contributed by atoms with van der Waals surface area (Å²) in [6.07, 6.45) is 8.81. The summed E-state index contributed by atoms with van der Waals surface area (Å²) in [5.41, 5.74) is 3.00. The third-order valence-corrected chi connectivity index (χ3v) is 2.39. The number of rotatable bonds is 1. The van der Waals surface area contributed by atoms with Crippen LogP contribution in [0.5, 0.6) is 0 Å². The standard InChI is InChI=1S/C11H16/c1-4-6-11-9(3)7-8-10(11)5-2/h4-6,9H,1,7-8H2,2-3H3/b10-5-,11-6-. The van der Waals surface area contributed by atoms with Crippen molar-refractivity contribution in [1.82, 2.24) is 0 Å². The van der Waals surface area contributed by atoms with Crippen molar-refractivity contribution in [3.63, 3.8) is 0 Å². The molecular formula is C11H16. The lowest BCUT2D eigenvalue weighted by molar-refractivity contribution is 0.697. The van der Waals surface area contributed by atoms with Crippen LogP contribution in [0, 0.1) is 5.92 Å². The Kier molecular flexibility index (Phi) is 2.70. The fraction of sp³-hybridized carbons (Fsp3) is 0.455. The third-order valence-electron chi connectivity index (χ3n) is 2.39. The highest BCUT2D eigenvalue weighted by Crippen LogP contribution is 2.35. The summed E-state index contributed by atoms with van der Waals surface area (Å²) < 4.78 is 0. The van der Waals surface area contributed by atoms with Crippen molar-refractivity contribution in [2.75, 3.05) is 0 Å². The Balaban J connectivity index is 2.88. The lowest BCUT2D eigenvalue weighted by Gasteiger charge is -2.03. The Morgan fingerprint density at radius 3 is 2.82 bits per heavy atom. The van der Waals surface area contributed by atoms with Crippen LogP contribution in [-0.2, 0) is 0 Å². The van der Waals surface area contributed by atoms with Crippen LogP contribution in [-0.4, -0.2) is 0 Å². The van der Waals surface area contributed by atoms with Crippen LogP contribution >= 0.6 is 0 Å². The van der Waals surface area contributed by atoms with Crippen molar-refractivity contribution in [2.24, 2.45) is 5.92 Å². The van der Waals surface area contributed by atoms with Gasteiger partial charge in [-0.25, -0.2) is 0 Å². The Morgan fingerprint density at radius 1 is 1.55 bits per heavy atom. The van der Waals surface area contributed by atoms with Gasteiger partial charge in [0.2, 0.25) is 0 Å². The van der Waals surface area contributed by atoms with E-state index in [0.717, 1.165) is 5.92 Å². The predicted octanol–water partition coefficient (Wildman–Crippen LogP) is 3.48. The molecule has 1 aliphatic rings. The summed E-state index contributed by atoms with van der Waals surface area (Å²) >= 11 is 0. The molecule has 0 spiro atoms. The molecule has 1 saturated carbocycles. The summed E-state index contributed by atoms with van der Waals surface area (Å²) in [4.78, 5) is 0. The fourth-order valence-corrected chi connectivity index (χ4v) is 1.70. The minimum Gasteiger partial charge on any atom is -0.0991 e. The highest BCUT2D eigenvalue weighted by atomic mass is 14.2. The fourth-order valence-electron chi connectivity index (χ4n) is 1.70. The van der Waals surface area contributed by atoms with Crippen LogP contribution in [0.15, 0.2) is 36.0 Å². The summed E-state index contributed by atoms with van der Waals surface area (Å²) in [5.74, 6) is 0.735.